The number of rotatable bonds is 67. The van der Waals surface area contributed by atoms with Crippen molar-refractivity contribution in [3.05, 3.63) is 0 Å². The second-order valence-corrected chi connectivity index (χ2v) is 28.4. The summed E-state index contributed by atoms with van der Waals surface area (Å²) in [5.74, 6) is -0.702. The lowest BCUT2D eigenvalue weighted by Crippen LogP contribution is -2.30. The molecule has 0 aromatic carbocycles. The Labute approximate surface area is 530 Å². The van der Waals surface area contributed by atoms with Gasteiger partial charge >= 0.3 is 39.5 Å². The van der Waals surface area contributed by atoms with Crippen molar-refractivity contribution in [2.75, 3.05) is 39.6 Å². The largest absolute Gasteiger partial charge is 0.472 e. The van der Waals surface area contributed by atoms with Crippen molar-refractivity contribution in [1.82, 2.24) is 0 Å². The van der Waals surface area contributed by atoms with Crippen molar-refractivity contribution in [2.45, 2.75) is 362 Å². The Bertz CT molecular complexity index is 1700. The molecule has 0 heterocycles. The molecule has 19 heteroatoms. The number of phosphoric acid groups is 2. The van der Waals surface area contributed by atoms with E-state index in [1.165, 1.54) is 154 Å². The van der Waals surface area contributed by atoms with E-state index in [2.05, 4.69) is 41.5 Å². The van der Waals surface area contributed by atoms with Gasteiger partial charge in [0.2, 0.25) is 0 Å². The molecule has 0 aromatic heterocycles. The normalized spacial score (nSPS) is 14.2. The minimum atomic E-state index is -4.95. The summed E-state index contributed by atoms with van der Waals surface area (Å²) in [6.07, 6.45) is 45.1. The molecule has 0 rings (SSSR count). The molecule has 0 saturated heterocycles. The molecule has 516 valence electrons. The van der Waals surface area contributed by atoms with Gasteiger partial charge in [0, 0.05) is 25.7 Å². The summed E-state index contributed by atoms with van der Waals surface area (Å²) in [5, 5.41) is 10.5. The number of aliphatic hydroxyl groups excluding tert-OH is 1. The van der Waals surface area contributed by atoms with Gasteiger partial charge in [-0.3, -0.25) is 37.3 Å². The quantitative estimate of drug-likeness (QED) is 0.0222. The number of aliphatic hydroxyl groups is 1. The highest BCUT2D eigenvalue weighted by Crippen LogP contribution is 2.45. The number of esters is 4. The predicted octanol–water partition coefficient (Wildman–Crippen LogP) is 19.2. The monoisotopic (exact) mass is 1280 g/mol. The van der Waals surface area contributed by atoms with Crippen LogP contribution < -0.4 is 0 Å². The van der Waals surface area contributed by atoms with E-state index >= 15 is 0 Å². The standard InChI is InChI=1S/C68H132O17P2/c1-7-9-11-13-14-15-16-17-18-19-20-21-22-23-24-25-28-34-40-46-52-67(72)85-64(57-79-66(71)51-45-39-33-29-26-27-31-37-42-48-60(3)4)59-83-87(76,77)81-55-62(69)54-80-86(74,75)82-58-63(56-78-65(70)50-44-36-12-10-8-2)84-68(73)53-47-41-35-30-32-38-43-49-61(5)6/h60-64,69H,7-59H2,1-6H3,(H,74,75)(H,76,77)/t62-,63+,64+/m0/s1. The van der Waals surface area contributed by atoms with E-state index in [1.807, 2.05) is 0 Å². The van der Waals surface area contributed by atoms with Gasteiger partial charge in [-0.25, -0.2) is 9.13 Å². The number of hydrogen-bond donors (Lipinski definition) is 3. The minimum Gasteiger partial charge on any atom is -0.462 e. The molecule has 2 unspecified atom stereocenters. The Hall–Kier alpha value is -1.94. The van der Waals surface area contributed by atoms with Crippen LogP contribution in [0.4, 0.5) is 0 Å². The summed E-state index contributed by atoms with van der Waals surface area (Å²) in [4.78, 5) is 72.1. The minimum absolute atomic E-state index is 0.102. The zero-order valence-corrected chi connectivity index (χ0v) is 58.1. The van der Waals surface area contributed by atoms with Gasteiger partial charge < -0.3 is 33.8 Å². The zero-order chi connectivity index (χ0) is 64.3. The number of carbonyl (C=O) groups excluding carboxylic acids is 4. The third kappa shape index (κ3) is 62.6. The summed E-state index contributed by atoms with van der Waals surface area (Å²) in [7, 11) is -9.88. The number of ether oxygens (including phenoxy) is 4. The fourth-order valence-electron chi connectivity index (χ4n) is 10.2. The van der Waals surface area contributed by atoms with Crippen LogP contribution in [0.25, 0.3) is 0 Å². The molecule has 17 nitrogen and oxygen atoms in total. The molecule has 0 aliphatic rings. The van der Waals surface area contributed by atoms with Crippen LogP contribution in [0, 0.1) is 11.8 Å². The van der Waals surface area contributed by atoms with Gasteiger partial charge in [0.25, 0.3) is 0 Å². The average Bonchev–Trinajstić information content (AvgIpc) is 3.66. The Kier molecular flexibility index (Phi) is 59.0. The maximum atomic E-state index is 13.0. The first-order valence-electron chi connectivity index (χ1n) is 35.5. The van der Waals surface area contributed by atoms with Gasteiger partial charge in [0.15, 0.2) is 12.2 Å². The van der Waals surface area contributed by atoms with E-state index in [-0.39, 0.29) is 25.7 Å². The summed E-state index contributed by atoms with van der Waals surface area (Å²) >= 11 is 0. The second-order valence-electron chi connectivity index (χ2n) is 25.5. The molecule has 3 N–H and O–H groups in total. The topological polar surface area (TPSA) is 237 Å². The van der Waals surface area contributed by atoms with Crippen LogP contribution in [0.2, 0.25) is 0 Å². The van der Waals surface area contributed by atoms with E-state index < -0.39 is 97.5 Å². The second kappa shape index (κ2) is 60.3. The zero-order valence-electron chi connectivity index (χ0n) is 56.3. The first-order valence-corrected chi connectivity index (χ1v) is 38.5. The van der Waals surface area contributed by atoms with E-state index in [1.54, 1.807) is 0 Å². The van der Waals surface area contributed by atoms with Crippen LogP contribution in [0.15, 0.2) is 0 Å². The Morgan fingerprint density at radius 3 is 0.782 bits per heavy atom. The third-order valence-corrected chi connectivity index (χ3v) is 17.6. The molecular formula is C68H132O17P2. The Morgan fingerprint density at radius 2 is 0.529 bits per heavy atom. The summed E-state index contributed by atoms with van der Waals surface area (Å²) in [5.41, 5.74) is 0. The van der Waals surface area contributed by atoms with Crippen molar-refractivity contribution in [2.24, 2.45) is 11.8 Å². The predicted molar refractivity (Wildman–Crippen MR) is 349 cm³/mol. The molecule has 0 amide bonds. The lowest BCUT2D eigenvalue weighted by atomic mass is 10.0. The molecule has 0 aromatic rings. The summed E-state index contributed by atoms with van der Waals surface area (Å²) in [6.45, 7) is 9.35. The maximum Gasteiger partial charge on any atom is 0.472 e. The van der Waals surface area contributed by atoms with Crippen molar-refractivity contribution in [3.8, 4) is 0 Å². The van der Waals surface area contributed by atoms with Crippen LogP contribution in [0.1, 0.15) is 343 Å². The van der Waals surface area contributed by atoms with Crippen LogP contribution in [-0.2, 0) is 65.4 Å². The molecule has 0 aliphatic heterocycles. The van der Waals surface area contributed by atoms with Gasteiger partial charge in [-0.05, 0) is 37.5 Å². The van der Waals surface area contributed by atoms with Crippen LogP contribution >= 0.6 is 15.6 Å². The van der Waals surface area contributed by atoms with Gasteiger partial charge in [-0.1, -0.05) is 292 Å². The van der Waals surface area contributed by atoms with Gasteiger partial charge in [0.1, 0.15) is 19.3 Å². The molecular weight excluding hydrogens is 1150 g/mol. The highest BCUT2D eigenvalue weighted by molar-refractivity contribution is 7.47. The van der Waals surface area contributed by atoms with E-state index in [9.17, 15) is 43.2 Å². The van der Waals surface area contributed by atoms with Crippen molar-refractivity contribution in [3.63, 3.8) is 0 Å². The van der Waals surface area contributed by atoms with E-state index in [0.29, 0.717) is 31.6 Å². The molecule has 5 atom stereocenters. The highest BCUT2D eigenvalue weighted by Gasteiger charge is 2.30. The average molecular weight is 1280 g/mol. The molecule has 0 aliphatic carbocycles. The number of phosphoric ester groups is 2. The molecule has 0 radical (unpaired) electrons. The lowest BCUT2D eigenvalue weighted by Gasteiger charge is -2.21. The first-order chi connectivity index (χ1) is 41.9. The molecule has 87 heavy (non-hydrogen) atoms. The summed E-state index contributed by atoms with van der Waals surface area (Å²) < 4.78 is 67.9. The van der Waals surface area contributed by atoms with Crippen LogP contribution in [-0.4, -0.2) is 96.7 Å². The van der Waals surface area contributed by atoms with Crippen molar-refractivity contribution >= 4 is 39.5 Å². The van der Waals surface area contributed by atoms with Gasteiger partial charge in [0.05, 0.1) is 26.4 Å². The maximum absolute atomic E-state index is 13.0. The molecule has 0 bridgehead atoms. The highest BCUT2D eigenvalue weighted by atomic mass is 31.2. The lowest BCUT2D eigenvalue weighted by molar-refractivity contribution is -0.161. The molecule has 0 saturated carbocycles. The fraction of sp³-hybridized carbons (Fsp3) is 0.941. The first kappa shape index (κ1) is 85.1. The smallest absolute Gasteiger partial charge is 0.462 e. The number of hydrogen-bond acceptors (Lipinski definition) is 15. The fourth-order valence-corrected chi connectivity index (χ4v) is 11.8. The van der Waals surface area contributed by atoms with Gasteiger partial charge in [-0.2, -0.15) is 0 Å². The van der Waals surface area contributed by atoms with E-state index in [4.69, 9.17) is 37.0 Å². The molecule has 0 fully saturated rings. The van der Waals surface area contributed by atoms with E-state index in [0.717, 1.165) is 102 Å². The van der Waals surface area contributed by atoms with Crippen molar-refractivity contribution < 1.29 is 80.2 Å². The van der Waals surface area contributed by atoms with Crippen LogP contribution in [0.3, 0.4) is 0 Å². The van der Waals surface area contributed by atoms with Crippen LogP contribution in [0.5, 0.6) is 0 Å². The Morgan fingerprint density at radius 1 is 0.310 bits per heavy atom. The number of unbranched alkanes of at least 4 members (excludes halogenated alkanes) is 37. The van der Waals surface area contributed by atoms with Gasteiger partial charge in [-0.15, -0.1) is 0 Å². The SMILES string of the molecule is CCCCCCCCCCCCCCCCCCCCCCC(=O)O[C@H](COC(=O)CCCCCCCCCCCC(C)C)COP(=O)(O)OC[C@@H](O)COP(=O)(O)OC[C@@H](COC(=O)CCCCCCC)OC(=O)CCCCCCCCCC(C)C. The number of carbonyl (C=O) groups is 4. The molecule has 0 spiro atoms. The summed E-state index contributed by atoms with van der Waals surface area (Å²) in [6, 6.07) is 0. The van der Waals surface area contributed by atoms with Crippen molar-refractivity contribution in [1.29, 1.82) is 0 Å². The Balaban J connectivity index is 5.12. The third-order valence-electron chi connectivity index (χ3n) is 15.7.